The van der Waals surface area contributed by atoms with Crippen LogP contribution >= 0.6 is 0 Å². The molecule has 2 aromatic heterocycles. The molecule has 0 radical (unpaired) electrons. The zero-order chi connectivity index (χ0) is 17.4. The van der Waals surface area contributed by atoms with Gasteiger partial charge in [-0.05, 0) is 31.2 Å². The maximum absolute atomic E-state index is 12.6. The summed E-state index contributed by atoms with van der Waals surface area (Å²) >= 11 is 0. The van der Waals surface area contributed by atoms with E-state index in [1.165, 1.54) is 17.2 Å². The maximum atomic E-state index is 12.6. The second kappa shape index (κ2) is 5.83. The number of hydrogen-bond acceptors (Lipinski definition) is 5. The van der Waals surface area contributed by atoms with Crippen LogP contribution in [0.25, 0.3) is 21.9 Å². The molecular formula is C19H13N3O3. The zero-order valence-electron chi connectivity index (χ0n) is 13.3. The molecule has 2 aromatic carbocycles. The van der Waals surface area contributed by atoms with Gasteiger partial charge in [-0.2, -0.15) is 9.78 Å². The molecular weight excluding hydrogens is 318 g/mol. The van der Waals surface area contributed by atoms with Crippen LogP contribution in [0.15, 0.2) is 73.9 Å². The molecule has 0 atom stereocenters. The van der Waals surface area contributed by atoms with Gasteiger partial charge in [-0.15, -0.1) is 0 Å². The summed E-state index contributed by atoms with van der Waals surface area (Å²) in [6, 6.07) is 14.0. The van der Waals surface area contributed by atoms with Gasteiger partial charge in [0.25, 0.3) is 5.56 Å². The Morgan fingerprint density at radius 3 is 2.60 bits per heavy atom. The molecule has 6 nitrogen and oxygen atoms in total. The molecule has 0 bridgehead atoms. The van der Waals surface area contributed by atoms with E-state index in [1.54, 1.807) is 49.4 Å². The Labute approximate surface area is 141 Å². The van der Waals surface area contributed by atoms with Crippen molar-refractivity contribution in [3.8, 4) is 0 Å². The highest BCUT2D eigenvalue weighted by Gasteiger charge is 2.08. The topological polar surface area (TPSA) is 77.5 Å². The molecule has 0 aliphatic carbocycles. The van der Waals surface area contributed by atoms with Gasteiger partial charge in [0.2, 0.25) is 5.43 Å². The molecule has 0 fully saturated rings. The minimum absolute atomic E-state index is 0.204. The van der Waals surface area contributed by atoms with Crippen LogP contribution in [0.2, 0.25) is 0 Å². The fourth-order valence-electron chi connectivity index (χ4n) is 2.67. The lowest BCUT2D eigenvalue weighted by molar-refractivity contribution is 0.601. The van der Waals surface area contributed by atoms with Gasteiger partial charge in [-0.1, -0.05) is 24.3 Å². The number of hydrogen-bond donors (Lipinski definition) is 0. The normalized spacial score (nSPS) is 11.6. The maximum Gasteiger partial charge on any atom is 0.282 e. The average molecular weight is 331 g/mol. The highest BCUT2D eigenvalue weighted by molar-refractivity contribution is 5.86. The molecule has 2 heterocycles. The van der Waals surface area contributed by atoms with Crippen LogP contribution in [0, 0.1) is 6.92 Å². The van der Waals surface area contributed by atoms with Crippen molar-refractivity contribution in [3.05, 3.63) is 86.8 Å². The molecule has 0 aliphatic rings. The molecule has 0 saturated carbocycles. The van der Waals surface area contributed by atoms with Crippen LogP contribution in [-0.2, 0) is 0 Å². The summed E-state index contributed by atoms with van der Waals surface area (Å²) in [4.78, 5) is 29.4. The number of rotatable bonds is 2. The predicted molar refractivity (Wildman–Crippen MR) is 96.2 cm³/mol. The van der Waals surface area contributed by atoms with Gasteiger partial charge >= 0.3 is 0 Å². The van der Waals surface area contributed by atoms with Gasteiger partial charge in [0.15, 0.2) is 0 Å². The predicted octanol–water partition coefficient (Wildman–Crippen LogP) is 2.69. The van der Waals surface area contributed by atoms with Gasteiger partial charge in [0.05, 0.1) is 28.1 Å². The van der Waals surface area contributed by atoms with E-state index < -0.39 is 0 Å². The van der Waals surface area contributed by atoms with Crippen molar-refractivity contribution in [2.45, 2.75) is 6.92 Å². The van der Waals surface area contributed by atoms with E-state index >= 15 is 0 Å². The Kier molecular flexibility index (Phi) is 3.50. The van der Waals surface area contributed by atoms with E-state index in [9.17, 15) is 9.59 Å². The summed E-state index contributed by atoms with van der Waals surface area (Å²) in [7, 11) is 0. The van der Waals surface area contributed by atoms with Crippen molar-refractivity contribution < 1.29 is 4.42 Å². The minimum Gasteiger partial charge on any atom is -0.463 e. The first-order valence-electron chi connectivity index (χ1n) is 7.68. The highest BCUT2D eigenvalue weighted by atomic mass is 16.3. The summed E-state index contributed by atoms with van der Waals surface area (Å²) in [5.74, 6) is 0.435. The molecule has 4 rings (SSSR count). The van der Waals surface area contributed by atoms with Crippen molar-refractivity contribution in [2.75, 3.05) is 0 Å². The van der Waals surface area contributed by atoms with Gasteiger partial charge in [0.1, 0.15) is 17.7 Å². The standard InChI is InChI=1S/C19H13N3O3/c1-12-21-16-8-4-2-6-14(16)19(24)22(12)20-10-13-11-25-17-9-5-3-7-15(17)18(13)23/h2-11H,1H3/b20-10+. The van der Waals surface area contributed by atoms with Crippen molar-refractivity contribution in [2.24, 2.45) is 5.10 Å². The Balaban J connectivity index is 1.86. The number of nitrogens with zero attached hydrogens (tertiary/aromatic N) is 3. The molecule has 122 valence electrons. The molecule has 0 aliphatic heterocycles. The minimum atomic E-state index is -0.287. The summed E-state index contributed by atoms with van der Waals surface area (Å²) in [6.45, 7) is 1.69. The molecule has 25 heavy (non-hydrogen) atoms. The lowest BCUT2D eigenvalue weighted by Gasteiger charge is -2.05. The van der Waals surface area contributed by atoms with E-state index in [0.29, 0.717) is 27.7 Å². The van der Waals surface area contributed by atoms with Crippen LogP contribution < -0.4 is 11.0 Å². The number of aromatic nitrogens is 2. The Bertz CT molecular complexity index is 1250. The fourth-order valence-corrected chi connectivity index (χ4v) is 2.67. The SMILES string of the molecule is Cc1nc2ccccc2c(=O)n1/N=C/c1coc2ccccc2c1=O. The largest absolute Gasteiger partial charge is 0.463 e. The first-order chi connectivity index (χ1) is 12.1. The van der Waals surface area contributed by atoms with Crippen molar-refractivity contribution in [1.82, 2.24) is 9.66 Å². The number of para-hydroxylation sites is 2. The first kappa shape index (κ1) is 15.0. The van der Waals surface area contributed by atoms with Gasteiger partial charge in [-0.3, -0.25) is 9.59 Å². The molecule has 0 spiro atoms. The summed E-state index contributed by atoms with van der Waals surface area (Å²) < 4.78 is 6.63. The van der Waals surface area contributed by atoms with Crippen molar-refractivity contribution >= 4 is 28.1 Å². The first-order valence-corrected chi connectivity index (χ1v) is 7.68. The van der Waals surface area contributed by atoms with Crippen molar-refractivity contribution in [3.63, 3.8) is 0 Å². The number of fused-ring (bicyclic) bond motifs is 2. The highest BCUT2D eigenvalue weighted by Crippen LogP contribution is 2.10. The van der Waals surface area contributed by atoms with E-state index in [1.807, 2.05) is 6.07 Å². The van der Waals surface area contributed by atoms with Gasteiger partial charge in [0, 0.05) is 0 Å². The third-order valence-electron chi connectivity index (χ3n) is 3.93. The second-order valence-corrected chi connectivity index (χ2v) is 5.55. The van der Waals surface area contributed by atoms with Crippen LogP contribution in [0.1, 0.15) is 11.4 Å². The summed E-state index contributed by atoms with van der Waals surface area (Å²) in [5, 5.41) is 5.08. The second-order valence-electron chi connectivity index (χ2n) is 5.55. The Hall–Kier alpha value is -3.54. The Morgan fingerprint density at radius 2 is 1.76 bits per heavy atom. The summed E-state index contributed by atoms with van der Waals surface area (Å²) in [5.41, 5.74) is 0.889. The average Bonchev–Trinajstić information content (AvgIpc) is 2.63. The lowest BCUT2D eigenvalue weighted by atomic mass is 10.2. The number of aryl methyl sites for hydroxylation is 1. The Morgan fingerprint density at radius 1 is 1.04 bits per heavy atom. The zero-order valence-corrected chi connectivity index (χ0v) is 13.3. The lowest BCUT2D eigenvalue weighted by Crippen LogP contribution is -2.21. The fraction of sp³-hybridized carbons (Fsp3) is 0.0526. The third kappa shape index (κ3) is 2.53. The van der Waals surface area contributed by atoms with Gasteiger partial charge in [-0.25, -0.2) is 4.98 Å². The monoisotopic (exact) mass is 331 g/mol. The molecule has 0 saturated heterocycles. The van der Waals surface area contributed by atoms with Crippen LogP contribution in [-0.4, -0.2) is 15.9 Å². The van der Waals surface area contributed by atoms with Gasteiger partial charge < -0.3 is 4.42 Å². The van der Waals surface area contributed by atoms with E-state index in [-0.39, 0.29) is 16.6 Å². The quantitative estimate of drug-likeness (QED) is 0.529. The molecule has 4 aromatic rings. The van der Waals surface area contributed by atoms with E-state index in [0.717, 1.165) is 0 Å². The molecule has 6 heteroatoms. The van der Waals surface area contributed by atoms with E-state index in [4.69, 9.17) is 4.42 Å². The smallest absolute Gasteiger partial charge is 0.282 e. The molecule has 0 N–H and O–H groups in total. The summed E-state index contributed by atoms with van der Waals surface area (Å²) in [6.07, 6.45) is 2.66. The molecule has 0 amide bonds. The van der Waals surface area contributed by atoms with E-state index in [2.05, 4.69) is 10.1 Å². The van der Waals surface area contributed by atoms with Crippen LogP contribution in [0.3, 0.4) is 0 Å². The number of benzene rings is 2. The van der Waals surface area contributed by atoms with Crippen LogP contribution in [0.5, 0.6) is 0 Å². The molecule has 0 unspecified atom stereocenters. The third-order valence-corrected chi connectivity index (χ3v) is 3.93. The van der Waals surface area contributed by atoms with Crippen molar-refractivity contribution in [1.29, 1.82) is 0 Å². The van der Waals surface area contributed by atoms with Crippen LogP contribution in [0.4, 0.5) is 0 Å².